The molecule has 170 valence electrons. The average molecular weight is 448 g/mol. The second-order valence-electron chi connectivity index (χ2n) is 9.13. The lowest BCUT2D eigenvalue weighted by Crippen LogP contribution is -2.61. The fourth-order valence-electron chi connectivity index (χ4n) is 5.32. The van der Waals surface area contributed by atoms with Gasteiger partial charge in [0.1, 0.15) is 5.82 Å². The summed E-state index contributed by atoms with van der Waals surface area (Å²) in [6.45, 7) is 4.87. The Morgan fingerprint density at radius 1 is 1.15 bits per heavy atom. The van der Waals surface area contributed by atoms with Gasteiger partial charge in [0, 0.05) is 30.3 Å². The number of fused-ring (bicyclic) bond motifs is 2. The van der Waals surface area contributed by atoms with E-state index in [2.05, 4.69) is 30.9 Å². The molecule has 33 heavy (non-hydrogen) atoms. The van der Waals surface area contributed by atoms with Crippen LogP contribution in [-0.2, 0) is 18.4 Å². The zero-order valence-electron chi connectivity index (χ0n) is 18.8. The lowest BCUT2D eigenvalue weighted by Gasteiger charge is -2.50. The third-order valence-electron chi connectivity index (χ3n) is 7.09. The van der Waals surface area contributed by atoms with Crippen molar-refractivity contribution in [2.45, 2.75) is 44.4 Å². The quantitative estimate of drug-likeness (QED) is 0.375. The molecule has 3 aromatic carbocycles. The van der Waals surface area contributed by atoms with Crippen LogP contribution in [-0.4, -0.2) is 17.8 Å². The van der Waals surface area contributed by atoms with Crippen molar-refractivity contribution in [2.24, 2.45) is 0 Å². The lowest BCUT2D eigenvalue weighted by molar-refractivity contribution is -0.385. The molecular weight excluding hydrogens is 423 g/mol. The monoisotopic (exact) mass is 448 g/mol. The Bertz CT molecular complexity index is 1220. The summed E-state index contributed by atoms with van der Waals surface area (Å²) in [6.07, 6.45) is 1.23. The number of non-ortho nitro benzene ring substituents is 1. The number of benzene rings is 3. The number of anilines is 1. The second kappa shape index (κ2) is 7.47. The van der Waals surface area contributed by atoms with Gasteiger partial charge in [0.05, 0.1) is 23.5 Å². The van der Waals surface area contributed by atoms with E-state index in [9.17, 15) is 14.5 Å². The Hall–Kier alpha value is -3.61. The molecule has 0 aliphatic carbocycles. The average Bonchev–Trinajstić information content (AvgIpc) is 2.98. The van der Waals surface area contributed by atoms with Crippen LogP contribution in [0.3, 0.4) is 0 Å². The van der Waals surface area contributed by atoms with Gasteiger partial charge in [-0.15, -0.1) is 0 Å². The van der Waals surface area contributed by atoms with E-state index in [1.54, 1.807) is 18.2 Å². The molecule has 2 aliphatic rings. The Morgan fingerprint density at radius 2 is 1.88 bits per heavy atom. The van der Waals surface area contributed by atoms with Gasteiger partial charge in [-0.2, -0.15) is 0 Å². The SMILES string of the molecule is COc1cc([N+](=O)[O-])cc2c1OC1(CC2)N(Cc2ccc(F)cc2)c2ccccc2C1(C)C. The van der Waals surface area contributed by atoms with Crippen LogP contribution in [0.2, 0.25) is 0 Å². The standard InChI is InChI=1S/C26H25FN2O4/c1-25(2)21-6-4-5-7-22(21)28(16-17-8-10-19(27)11-9-17)26(25)13-12-18-14-20(29(30)31)15-23(32-3)24(18)33-26/h4-11,14-15H,12-13,16H2,1-3H3. The molecule has 0 radical (unpaired) electrons. The van der Waals surface area contributed by atoms with Crippen LogP contribution in [0.1, 0.15) is 37.0 Å². The summed E-state index contributed by atoms with van der Waals surface area (Å²) < 4.78 is 25.9. The molecule has 7 heteroatoms. The van der Waals surface area contributed by atoms with Crippen LogP contribution in [0.4, 0.5) is 15.8 Å². The first kappa shape index (κ1) is 21.2. The van der Waals surface area contributed by atoms with Crippen molar-refractivity contribution in [2.75, 3.05) is 12.0 Å². The highest BCUT2D eigenvalue weighted by atomic mass is 19.1. The van der Waals surface area contributed by atoms with Crippen molar-refractivity contribution >= 4 is 11.4 Å². The first-order chi connectivity index (χ1) is 15.8. The first-order valence-corrected chi connectivity index (χ1v) is 10.9. The van der Waals surface area contributed by atoms with Crippen molar-refractivity contribution in [1.29, 1.82) is 0 Å². The summed E-state index contributed by atoms with van der Waals surface area (Å²) in [4.78, 5) is 13.2. The number of nitro groups is 1. The van der Waals surface area contributed by atoms with Gasteiger partial charge in [0.15, 0.2) is 17.2 Å². The molecule has 0 saturated carbocycles. The van der Waals surface area contributed by atoms with Gasteiger partial charge in [0.2, 0.25) is 0 Å². The number of hydrogen-bond acceptors (Lipinski definition) is 5. The van der Waals surface area contributed by atoms with E-state index in [1.165, 1.54) is 25.3 Å². The minimum atomic E-state index is -0.749. The summed E-state index contributed by atoms with van der Waals surface area (Å²) in [5.41, 5.74) is 2.80. The van der Waals surface area contributed by atoms with Crippen LogP contribution in [0, 0.1) is 15.9 Å². The van der Waals surface area contributed by atoms with E-state index < -0.39 is 16.1 Å². The molecule has 1 atom stereocenters. The number of nitro benzene ring substituents is 1. The van der Waals surface area contributed by atoms with E-state index in [-0.39, 0.29) is 11.5 Å². The van der Waals surface area contributed by atoms with Gasteiger partial charge in [-0.25, -0.2) is 4.39 Å². The minimum Gasteiger partial charge on any atom is -0.493 e. The van der Waals surface area contributed by atoms with Crippen LogP contribution >= 0.6 is 0 Å². The van der Waals surface area contributed by atoms with E-state index in [4.69, 9.17) is 9.47 Å². The highest BCUT2D eigenvalue weighted by molar-refractivity contribution is 5.67. The normalized spacial score (nSPS) is 20.2. The van der Waals surface area contributed by atoms with Crippen molar-refractivity contribution in [3.05, 3.63) is 93.3 Å². The summed E-state index contributed by atoms with van der Waals surface area (Å²) >= 11 is 0. The molecule has 3 aromatic rings. The third-order valence-corrected chi connectivity index (χ3v) is 7.09. The van der Waals surface area contributed by atoms with Gasteiger partial charge < -0.3 is 14.4 Å². The molecule has 5 rings (SSSR count). The van der Waals surface area contributed by atoms with Gasteiger partial charge in [-0.1, -0.05) is 30.3 Å². The number of rotatable bonds is 4. The smallest absolute Gasteiger partial charge is 0.273 e. The molecule has 0 aromatic heterocycles. The summed E-state index contributed by atoms with van der Waals surface area (Å²) in [5, 5.41) is 11.4. The molecule has 1 spiro atoms. The van der Waals surface area contributed by atoms with Gasteiger partial charge >= 0.3 is 0 Å². The number of methoxy groups -OCH3 is 1. The zero-order valence-corrected chi connectivity index (χ0v) is 18.8. The van der Waals surface area contributed by atoms with Crippen molar-refractivity contribution < 1.29 is 18.8 Å². The maximum absolute atomic E-state index is 13.5. The highest BCUT2D eigenvalue weighted by Gasteiger charge is 2.60. The third kappa shape index (κ3) is 3.14. The van der Waals surface area contributed by atoms with E-state index >= 15 is 0 Å². The number of ether oxygens (including phenoxy) is 2. The molecule has 0 saturated heterocycles. The fourth-order valence-corrected chi connectivity index (χ4v) is 5.32. The topological polar surface area (TPSA) is 64.8 Å². The summed E-state index contributed by atoms with van der Waals surface area (Å²) in [7, 11) is 1.49. The molecule has 0 bridgehead atoms. The van der Waals surface area contributed by atoms with Crippen LogP contribution in [0.5, 0.6) is 11.5 Å². The van der Waals surface area contributed by atoms with Crippen LogP contribution < -0.4 is 14.4 Å². The summed E-state index contributed by atoms with van der Waals surface area (Å²) in [5.74, 6) is 0.621. The molecule has 6 nitrogen and oxygen atoms in total. The maximum atomic E-state index is 13.5. The van der Waals surface area contributed by atoms with E-state index in [0.717, 1.165) is 22.4 Å². The molecule has 2 heterocycles. The molecule has 0 N–H and O–H groups in total. The maximum Gasteiger partial charge on any atom is 0.273 e. The van der Waals surface area contributed by atoms with Gasteiger partial charge in [-0.05, 0) is 49.6 Å². The number of halogens is 1. The molecule has 0 amide bonds. The van der Waals surface area contributed by atoms with Gasteiger partial charge in [-0.3, -0.25) is 10.1 Å². The van der Waals surface area contributed by atoms with Gasteiger partial charge in [0.25, 0.3) is 5.69 Å². The first-order valence-electron chi connectivity index (χ1n) is 10.9. The Kier molecular flexibility index (Phi) is 4.81. The lowest BCUT2D eigenvalue weighted by atomic mass is 9.74. The molecular formula is C26H25FN2O4. The van der Waals surface area contributed by atoms with Crippen LogP contribution in [0.15, 0.2) is 60.7 Å². The predicted octanol–water partition coefficient (Wildman–Crippen LogP) is 5.76. The van der Waals surface area contributed by atoms with Crippen molar-refractivity contribution in [1.82, 2.24) is 0 Å². The zero-order chi connectivity index (χ0) is 23.4. The molecule has 0 fully saturated rings. The highest BCUT2D eigenvalue weighted by Crippen LogP contribution is 2.58. The Morgan fingerprint density at radius 3 is 2.58 bits per heavy atom. The van der Waals surface area contributed by atoms with Crippen LogP contribution in [0.25, 0.3) is 0 Å². The number of nitrogens with zero attached hydrogens (tertiary/aromatic N) is 2. The Balaban J connectivity index is 1.65. The minimum absolute atomic E-state index is 0.0118. The van der Waals surface area contributed by atoms with E-state index in [0.29, 0.717) is 30.9 Å². The Labute approximate surface area is 191 Å². The second-order valence-corrected chi connectivity index (χ2v) is 9.13. The summed E-state index contributed by atoms with van der Waals surface area (Å²) in [6, 6.07) is 17.7. The van der Waals surface area contributed by atoms with Crippen molar-refractivity contribution in [3.63, 3.8) is 0 Å². The molecule has 2 aliphatic heterocycles. The number of aryl methyl sites for hydroxylation is 1. The number of hydrogen-bond donors (Lipinski definition) is 0. The predicted molar refractivity (Wildman–Crippen MR) is 123 cm³/mol. The molecule has 1 unspecified atom stereocenters. The fraction of sp³-hybridized carbons (Fsp3) is 0.308. The van der Waals surface area contributed by atoms with E-state index in [1.807, 2.05) is 12.1 Å². The van der Waals surface area contributed by atoms with Crippen molar-refractivity contribution in [3.8, 4) is 11.5 Å². The number of para-hydroxylation sites is 1. The largest absolute Gasteiger partial charge is 0.493 e.